The van der Waals surface area contributed by atoms with Crippen LogP contribution in [0.15, 0.2) is 0 Å². The van der Waals surface area contributed by atoms with Gasteiger partial charge in [0, 0.05) is 6.54 Å². The van der Waals surface area contributed by atoms with E-state index in [0.717, 1.165) is 19.5 Å². The lowest BCUT2D eigenvalue weighted by Crippen LogP contribution is -2.40. The topological polar surface area (TPSA) is 41.1 Å². The Morgan fingerprint density at radius 3 is 3.08 bits per heavy atom. The van der Waals surface area contributed by atoms with Gasteiger partial charge < -0.3 is 10.6 Å². The first kappa shape index (κ1) is 9.08. The van der Waals surface area contributed by atoms with Crippen LogP contribution in [0.3, 0.4) is 0 Å². The Labute approximate surface area is 72.9 Å². The molecule has 1 saturated heterocycles. The molecule has 1 rings (SSSR count). The molecule has 0 aromatic heterocycles. The van der Waals surface area contributed by atoms with Gasteiger partial charge in [0.2, 0.25) is 5.91 Å². The Morgan fingerprint density at radius 2 is 2.58 bits per heavy atom. The van der Waals surface area contributed by atoms with Gasteiger partial charge in [-0.15, -0.1) is 6.42 Å². The van der Waals surface area contributed by atoms with Crippen molar-refractivity contribution in [1.82, 2.24) is 10.6 Å². The fourth-order valence-electron chi connectivity index (χ4n) is 1.36. The Bertz CT molecular complexity index is 211. The summed E-state index contributed by atoms with van der Waals surface area (Å²) in [6, 6.07) is 0. The monoisotopic (exact) mass is 166 g/mol. The van der Waals surface area contributed by atoms with Gasteiger partial charge in [-0.1, -0.05) is 5.92 Å². The van der Waals surface area contributed by atoms with Crippen LogP contribution in [0.25, 0.3) is 0 Å². The molecular weight excluding hydrogens is 152 g/mol. The first-order valence-electron chi connectivity index (χ1n) is 4.11. The maximum Gasteiger partial charge on any atom is 0.228 e. The standard InChI is InChI=1S/C9H14N2O/c1-3-5-11-8(12)9(2)4-6-10-7-9/h1,10H,4-7H2,2H3,(H,11,12). The predicted molar refractivity (Wildman–Crippen MR) is 47.4 cm³/mol. The molecule has 0 saturated carbocycles. The number of hydrogen-bond donors (Lipinski definition) is 2. The minimum atomic E-state index is -0.253. The van der Waals surface area contributed by atoms with E-state index in [1.54, 1.807) is 0 Å². The van der Waals surface area contributed by atoms with Crippen LogP contribution in [0.1, 0.15) is 13.3 Å². The fraction of sp³-hybridized carbons (Fsp3) is 0.667. The van der Waals surface area contributed by atoms with Gasteiger partial charge >= 0.3 is 0 Å². The molecule has 0 spiro atoms. The molecule has 66 valence electrons. The molecule has 0 radical (unpaired) electrons. The van der Waals surface area contributed by atoms with Gasteiger partial charge in [-0.3, -0.25) is 4.79 Å². The van der Waals surface area contributed by atoms with Gasteiger partial charge in [0.1, 0.15) is 0 Å². The molecule has 1 fully saturated rings. The summed E-state index contributed by atoms with van der Waals surface area (Å²) in [4.78, 5) is 11.5. The summed E-state index contributed by atoms with van der Waals surface area (Å²) < 4.78 is 0. The lowest BCUT2D eigenvalue weighted by molar-refractivity contribution is -0.128. The van der Waals surface area contributed by atoms with Gasteiger partial charge in [0.25, 0.3) is 0 Å². The van der Waals surface area contributed by atoms with E-state index in [-0.39, 0.29) is 11.3 Å². The zero-order valence-corrected chi connectivity index (χ0v) is 7.31. The molecular formula is C9H14N2O. The molecule has 1 aliphatic rings. The van der Waals surface area contributed by atoms with Crippen LogP contribution in [-0.4, -0.2) is 25.5 Å². The van der Waals surface area contributed by atoms with E-state index in [1.807, 2.05) is 6.92 Å². The molecule has 1 aliphatic heterocycles. The maximum atomic E-state index is 11.5. The second kappa shape index (κ2) is 3.59. The largest absolute Gasteiger partial charge is 0.345 e. The van der Waals surface area contributed by atoms with Crippen LogP contribution in [-0.2, 0) is 4.79 Å². The first-order valence-corrected chi connectivity index (χ1v) is 4.11. The smallest absolute Gasteiger partial charge is 0.228 e. The van der Waals surface area contributed by atoms with Crippen molar-refractivity contribution >= 4 is 5.91 Å². The van der Waals surface area contributed by atoms with Gasteiger partial charge in [0.15, 0.2) is 0 Å². The summed E-state index contributed by atoms with van der Waals surface area (Å²) in [5.74, 6) is 2.45. The number of amides is 1. The molecule has 0 aliphatic carbocycles. The van der Waals surface area contributed by atoms with E-state index < -0.39 is 0 Å². The quantitative estimate of drug-likeness (QED) is 0.555. The summed E-state index contributed by atoms with van der Waals surface area (Å²) in [6.45, 7) is 3.96. The maximum absolute atomic E-state index is 11.5. The number of carbonyl (C=O) groups excluding carboxylic acids is 1. The molecule has 12 heavy (non-hydrogen) atoms. The van der Waals surface area contributed by atoms with Crippen LogP contribution in [0.4, 0.5) is 0 Å². The average Bonchev–Trinajstić information content (AvgIpc) is 2.49. The third-order valence-electron chi connectivity index (χ3n) is 2.27. The van der Waals surface area contributed by atoms with E-state index in [1.165, 1.54) is 0 Å². The SMILES string of the molecule is C#CCNC(=O)C1(C)CCNC1. The van der Waals surface area contributed by atoms with E-state index in [0.29, 0.717) is 6.54 Å². The molecule has 1 heterocycles. The fourth-order valence-corrected chi connectivity index (χ4v) is 1.36. The molecule has 0 aromatic carbocycles. The van der Waals surface area contributed by atoms with Crippen molar-refractivity contribution in [3.8, 4) is 12.3 Å². The lowest BCUT2D eigenvalue weighted by Gasteiger charge is -2.20. The normalized spacial score (nSPS) is 28.0. The summed E-state index contributed by atoms with van der Waals surface area (Å²) in [5, 5.41) is 5.86. The number of rotatable bonds is 2. The average molecular weight is 166 g/mol. The van der Waals surface area contributed by atoms with Crippen molar-refractivity contribution in [2.24, 2.45) is 5.41 Å². The molecule has 1 atom stereocenters. The van der Waals surface area contributed by atoms with Gasteiger partial charge in [-0.05, 0) is 19.9 Å². The van der Waals surface area contributed by atoms with Crippen molar-refractivity contribution in [3.63, 3.8) is 0 Å². The Morgan fingerprint density at radius 1 is 1.83 bits per heavy atom. The summed E-state index contributed by atoms with van der Waals surface area (Å²) in [5.41, 5.74) is -0.253. The van der Waals surface area contributed by atoms with Gasteiger partial charge in [-0.2, -0.15) is 0 Å². The third-order valence-corrected chi connectivity index (χ3v) is 2.27. The second-order valence-electron chi connectivity index (χ2n) is 3.37. The molecule has 1 unspecified atom stereocenters. The highest BCUT2D eigenvalue weighted by Gasteiger charge is 2.35. The van der Waals surface area contributed by atoms with Gasteiger partial charge in [0.05, 0.1) is 12.0 Å². The van der Waals surface area contributed by atoms with Crippen molar-refractivity contribution in [2.45, 2.75) is 13.3 Å². The first-order chi connectivity index (χ1) is 5.69. The van der Waals surface area contributed by atoms with Crippen molar-refractivity contribution in [3.05, 3.63) is 0 Å². The number of carbonyl (C=O) groups is 1. The Kier molecular flexibility index (Phi) is 2.72. The van der Waals surface area contributed by atoms with Crippen molar-refractivity contribution in [2.75, 3.05) is 19.6 Å². The Hall–Kier alpha value is -1.01. The van der Waals surface area contributed by atoms with Crippen LogP contribution in [0.5, 0.6) is 0 Å². The van der Waals surface area contributed by atoms with Crippen LogP contribution in [0.2, 0.25) is 0 Å². The van der Waals surface area contributed by atoms with E-state index in [2.05, 4.69) is 16.6 Å². The summed E-state index contributed by atoms with van der Waals surface area (Å²) >= 11 is 0. The highest BCUT2D eigenvalue weighted by molar-refractivity contribution is 5.83. The molecule has 3 heteroatoms. The second-order valence-corrected chi connectivity index (χ2v) is 3.37. The van der Waals surface area contributed by atoms with Crippen LogP contribution < -0.4 is 10.6 Å². The summed E-state index contributed by atoms with van der Waals surface area (Å²) in [7, 11) is 0. The minimum absolute atomic E-state index is 0.0606. The van der Waals surface area contributed by atoms with Crippen molar-refractivity contribution in [1.29, 1.82) is 0 Å². The summed E-state index contributed by atoms with van der Waals surface area (Å²) in [6.07, 6.45) is 5.93. The lowest BCUT2D eigenvalue weighted by atomic mass is 9.89. The van der Waals surface area contributed by atoms with Crippen molar-refractivity contribution < 1.29 is 4.79 Å². The van der Waals surface area contributed by atoms with Gasteiger partial charge in [-0.25, -0.2) is 0 Å². The molecule has 3 nitrogen and oxygen atoms in total. The zero-order valence-electron chi connectivity index (χ0n) is 7.31. The molecule has 1 amide bonds. The van der Waals surface area contributed by atoms with E-state index in [4.69, 9.17) is 6.42 Å². The molecule has 0 aromatic rings. The highest BCUT2D eigenvalue weighted by atomic mass is 16.2. The minimum Gasteiger partial charge on any atom is -0.345 e. The van der Waals surface area contributed by atoms with Crippen LogP contribution >= 0.6 is 0 Å². The molecule has 0 bridgehead atoms. The number of hydrogen-bond acceptors (Lipinski definition) is 2. The Balaban J connectivity index is 2.45. The van der Waals surface area contributed by atoms with Crippen LogP contribution in [0, 0.1) is 17.8 Å². The number of terminal acetylenes is 1. The highest BCUT2D eigenvalue weighted by Crippen LogP contribution is 2.23. The number of nitrogens with one attached hydrogen (secondary N) is 2. The third kappa shape index (κ3) is 1.77. The zero-order chi connectivity index (χ0) is 9.03. The van der Waals surface area contributed by atoms with E-state index in [9.17, 15) is 4.79 Å². The predicted octanol–water partition coefficient (Wildman–Crippen LogP) is -0.265. The van der Waals surface area contributed by atoms with E-state index >= 15 is 0 Å². The molecule has 2 N–H and O–H groups in total.